The number of carbonyl (C=O) groups is 3. The lowest BCUT2D eigenvalue weighted by Gasteiger charge is -2.17. The Morgan fingerprint density at radius 1 is 1.03 bits per heavy atom. The monoisotopic (exact) mass is 469 g/mol. The van der Waals surface area contributed by atoms with Gasteiger partial charge in [0.2, 0.25) is 0 Å². The van der Waals surface area contributed by atoms with Gasteiger partial charge in [-0.1, -0.05) is 24.3 Å². The van der Waals surface area contributed by atoms with Crippen LogP contribution < -0.4 is 15.7 Å². The summed E-state index contributed by atoms with van der Waals surface area (Å²) in [6.07, 6.45) is -1.36. The molecule has 0 bridgehead atoms. The van der Waals surface area contributed by atoms with E-state index in [1.807, 2.05) is 17.5 Å². The standard InChI is InChI=1S/C23H23N3O6S/c1-26(32-23(29)30-2)19-6-3-5-18(13-19)25-21(27)17-10-8-16(9-11-17)14-24-22(28)31-15-20-7-4-12-33-20/h3-13H,14-15H2,1-2H3,(H,24,28)(H,25,27). The van der Waals surface area contributed by atoms with Crippen LogP contribution in [0.2, 0.25) is 0 Å². The number of nitrogens with zero attached hydrogens (tertiary/aromatic N) is 1. The van der Waals surface area contributed by atoms with Gasteiger partial charge in [-0.25, -0.2) is 14.7 Å². The Kier molecular flexibility index (Phi) is 8.25. The minimum absolute atomic E-state index is 0.231. The van der Waals surface area contributed by atoms with Crippen molar-refractivity contribution in [3.63, 3.8) is 0 Å². The smallest absolute Gasteiger partial charge is 0.444 e. The lowest BCUT2D eigenvalue weighted by Crippen LogP contribution is -2.23. The van der Waals surface area contributed by atoms with Crippen LogP contribution in [0.1, 0.15) is 20.8 Å². The normalized spacial score (nSPS) is 10.1. The van der Waals surface area contributed by atoms with Crippen LogP contribution in [0, 0.1) is 0 Å². The van der Waals surface area contributed by atoms with Crippen LogP contribution in [0.4, 0.5) is 21.0 Å². The van der Waals surface area contributed by atoms with Crippen molar-refractivity contribution in [2.75, 3.05) is 24.5 Å². The first-order chi connectivity index (χ1) is 15.9. The minimum Gasteiger partial charge on any atom is -0.444 e. The van der Waals surface area contributed by atoms with Gasteiger partial charge in [0, 0.05) is 29.7 Å². The fraction of sp³-hybridized carbons (Fsp3) is 0.174. The average Bonchev–Trinajstić information content (AvgIpc) is 3.35. The molecule has 0 unspecified atom stereocenters. The molecule has 3 aromatic rings. The van der Waals surface area contributed by atoms with Crippen molar-refractivity contribution in [1.29, 1.82) is 0 Å². The van der Waals surface area contributed by atoms with Gasteiger partial charge in [0.15, 0.2) is 0 Å². The van der Waals surface area contributed by atoms with E-state index in [4.69, 9.17) is 9.57 Å². The van der Waals surface area contributed by atoms with E-state index in [1.54, 1.807) is 55.6 Å². The second-order valence-electron chi connectivity index (χ2n) is 6.75. The molecule has 0 radical (unpaired) electrons. The highest BCUT2D eigenvalue weighted by atomic mass is 32.1. The molecule has 172 valence electrons. The van der Waals surface area contributed by atoms with E-state index in [2.05, 4.69) is 15.4 Å². The first-order valence-electron chi connectivity index (χ1n) is 9.87. The zero-order valence-corrected chi connectivity index (χ0v) is 18.9. The van der Waals surface area contributed by atoms with Gasteiger partial charge in [-0.3, -0.25) is 4.79 Å². The van der Waals surface area contributed by atoms with Crippen molar-refractivity contribution >= 4 is 40.9 Å². The predicted molar refractivity (Wildman–Crippen MR) is 124 cm³/mol. The van der Waals surface area contributed by atoms with E-state index in [9.17, 15) is 14.4 Å². The van der Waals surface area contributed by atoms with Gasteiger partial charge in [-0.2, -0.15) is 0 Å². The quantitative estimate of drug-likeness (QED) is 0.368. The van der Waals surface area contributed by atoms with Crippen molar-refractivity contribution in [3.05, 3.63) is 82.0 Å². The third-order valence-corrected chi connectivity index (χ3v) is 5.27. The number of benzene rings is 2. The number of hydrogen-bond donors (Lipinski definition) is 2. The van der Waals surface area contributed by atoms with Gasteiger partial charge < -0.3 is 24.9 Å². The summed E-state index contributed by atoms with van der Waals surface area (Å²) >= 11 is 1.52. The zero-order valence-electron chi connectivity index (χ0n) is 18.1. The lowest BCUT2D eigenvalue weighted by atomic mass is 10.1. The first kappa shape index (κ1) is 23.6. The molecule has 0 aliphatic rings. The molecule has 10 heteroatoms. The lowest BCUT2D eigenvalue weighted by molar-refractivity contribution is 0.0677. The van der Waals surface area contributed by atoms with Crippen LogP contribution in [0.25, 0.3) is 0 Å². The highest BCUT2D eigenvalue weighted by molar-refractivity contribution is 7.09. The maximum Gasteiger partial charge on any atom is 0.533 e. The number of anilines is 2. The average molecular weight is 470 g/mol. The van der Waals surface area contributed by atoms with Crippen molar-refractivity contribution in [2.45, 2.75) is 13.2 Å². The van der Waals surface area contributed by atoms with Crippen LogP contribution >= 0.6 is 11.3 Å². The zero-order chi connectivity index (χ0) is 23.6. The number of ether oxygens (including phenoxy) is 2. The topological polar surface area (TPSA) is 106 Å². The molecule has 0 saturated carbocycles. The summed E-state index contributed by atoms with van der Waals surface area (Å²) in [6, 6.07) is 17.4. The van der Waals surface area contributed by atoms with Gasteiger partial charge in [0.05, 0.1) is 12.8 Å². The molecule has 0 spiro atoms. The van der Waals surface area contributed by atoms with Crippen LogP contribution in [0.15, 0.2) is 66.0 Å². The molecule has 9 nitrogen and oxygen atoms in total. The van der Waals surface area contributed by atoms with E-state index >= 15 is 0 Å². The van der Waals surface area contributed by atoms with E-state index < -0.39 is 12.2 Å². The van der Waals surface area contributed by atoms with E-state index in [0.717, 1.165) is 10.4 Å². The van der Waals surface area contributed by atoms with Crippen molar-refractivity contribution in [2.24, 2.45) is 0 Å². The summed E-state index contributed by atoms with van der Waals surface area (Å²) in [4.78, 5) is 41.5. The van der Waals surface area contributed by atoms with Gasteiger partial charge in [0.1, 0.15) is 6.61 Å². The predicted octanol–water partition coefficient (Wildman–Crippen LogP) is 4.56. The number of amides is 2. The van der Waals surface area contributed by atoms with Gasteiger partial charge >= 0.3 is 12.2 Å². The minimum atomic E-state index is -0.850. The molecule has 0 fully saturated rings. The van der Waals surface area contributed by atoms with Crippen LogP contribution in [-0.4, -0.2) is 32.3 Å². The molecule has 1 heterocycles. The maximum atomic E-state index is 12.6. The van der Waals surface area contributed by atoms with E-state index in [-0.39, 0.29) is 19.1 Å². The summed E-state index contributed by atoms with van der Waals surface area (Å²) in [7, 11) is 2.76. The summed E-state index contributed by atoms with van der Waals surface area (Å²) in [6.45, 7) is 0.508. The van der Waals surface area contributed by atoms with E-state index in [1.165, 1.54) is 23.5 Å². The number of alkyl carbamates (subject to hydrolysis) is 1. The molecule has 0 aliphatic heterocycles. The summed E-state index contributed by atoms with van der Waals surface area (Å²) < 4.78 is 9.61. The Bertz CT molecular complexity index is 1090. The Labute approximate surface area is 194 Å². The number of nitrogens with one attached hydrogen (secondary N) is 2. The molecule has 0 aliphatic carbocycles. The van der Waals surface area contributed by atoms with Crippen LogP contribution in [0.3, 0.4) is 0 Å². The van der Waals surface area contributed by atoms with Gasteiger partial charge in [0.25, 0.3) is 5.91 Å². The number of hydroxylamine groups is 1. The number of hydrogen-bond acceptors (Lipinski definition) is 8. The second-order valence-corrected chi connectivity index (χ2v) is 7.79. The molecular formula is C23H23N3O6S. The van der Waals surface area contributed by atoms with Gasteiger partial charge in [-0.15, -0.1) is 11.3 Å². The molecule has 2 aromatic carbocycles. The molecule has 0 atom stereocenters. The third kappa shape index (κ3) is 7.25. The molecule has 1 aromatic heterocycles. The molecule has 0 saturated heterocycles. The Hall–Kier alpha value is -4.05. The largest absolute Gasteiger partial charge is 0.533 e. The highest BCUT2D eigenvalue weighted by Gasteiger charge is 2.11. The number of carbonyl (C=O) groups excluding carboxylic acids is 3. The molecule has 3 rings (SSSR count). The summed E-state index contributed by atoms with van der Waals surface area (Å²) in [5.41, 5.74) is 2.34. The Morgan fingerprint density at radius 2 is 1.82 bits per heavy atom. The first-order valence-corrected chi connectivity index (χ1v) is 10.8. The summed E-state index contributed by atoms with van der Waals surface area (Å²) in [5.74, 6) is -0.307. The Morgan fingerprint density at radius 3 is 2.52 bits per heavy atom. The molecule has 2 N–H and O–H groups in total. The number of rotatable bonds is 8. The molecule has 2 amide bonds. The van der Waals surface area contributed by atoms with Gasteiger partial charge in [-0.05, 0) is 47.3 Å². The van der Waals surface area contributed by atoms with E-state index in [0.29, 0.717) is 16.9 Å². The molecular weight excluding hydrogens is 446 g/mol. The van der Waals surface area contributed by atoms with Crippen LogP contribution in [-0.2, 0) is 27.5 Å². The number of thiophene rings is 1. The van der Waals surface area contributed by atoms with Crippen molar-refractivity contribution in [1.82, 2.24) is 5.32 Å². The fourth-order valence-electron chi connectivity index (χ4n) is 2.72. The maximum absolute atomic E-state index is 12.6. The van der Waals surface area contributed by atoms with Crippen molar-refractivity contribution in [3.8, 4) is 0 Å². The summed E-state index contributed by atoms with van der Waals surface area (Å²) in [5, 5.41) is 8.62. The van der Waals surface area contributed by atoms with Crippen molar-refractivity contribution < 1.29 is 28.7 Å². The second kappa shape index (κ2) is 11.5. The fourth-order valence-corrected chi connectivity index (χ4v) is 3.33. The molecule has 33 heavy (non-hydrogen) atoms. The number of methoxy groups -OCH3 is 1. The Balaban J connectivity index is 1.50. The SMILES string of the molecule is COC(=O)ON(C)c1cccc(NC(=O)c2ccc(CNC(=O)OCc3cccs3)cc2)c1. The highest BCUT2D eigenvalue weighted by Crippen LogP contribution is 2.20. The van der Waals surface area contributed by atoms with Crippen LogP contribution in [0.5, 0.6) is 0 Å². The third-order valence-electron chi connectivity index (χ3n) is 4.42.